The van der Waals surface area contributed by atoms with Crippen molar-refractivity contribution in [3.63, 3.8) is 0 Å². The molecule has 0 aromatic rings. The SMILES string of the molecule is CCCCCCCCCCCCC[C@@H](O[Si](C)(C)C(C)(C)C)[C@@H](C)C=O. The number of unbranched alkanes of at least 4 members (excludes halogenated alkanes) is 10. The first-order chi connectivity index (χ1) is 12.2. The van der Waals surface area contributed by atoms with Gasteiger partial charge in [-0.15, -0.1) is 0 Å². The molecule has 156 valence electrons. The van der Waals surface area contributed by atoms with Crippen molar-refractivity contribution in [3.8, 4) is 0 Å². The maximum atomic E-state index is 11.3. The molecule has 0 unspecified atom stereocenters. The van der Waals surface area contributed by atoms with Crippen molar-refractivity contribution in [2.75, 3.05) is 0 Å². The molecule has 0 aromatic heterocycles. The fourth-order valence-electron chi connectivity index (χ4n) is 3.08. The Morgan fingerprint density at radius 1 is 0.846 bits per heavy atom. The lowest BCUT2D eigenvalue weighted by atomic mass is 9.99. The molecule has 0 amide bonds. The van der Waals surface area contributed by atoms with E-state index >= 15 is 0 Å². The Hall–Kier alpha value is -0.153. The zero-order chi connectivity index (χ0) is 20.1. The summed E-state index contributed by atoms with van der Waals surface area (Å²) in [6, 6.07) is 0. The summed E-state index contributed by atoms with van der Waals surface area (Å²) in [4.78, 5) is 11.3. The maximum absolute atomic E-state index is 11.3. The van der Waals surface area contributed by atoms with Gasteiger partial charge < -0.3 is 9.22 Å². The summed E-state index contributed by atoms with van der Waals surface area (Å²) in [5.74, 6) is 0.00671. The van der Waals surface area contributed by atoms with E-state index in [1.807, 2.05) is 6.92 Å². The van der Waals surface area contributed by atoms with Crippen molar-refractivity contribution in [3.05, 3.63) is 0 Å². The first kappa shape index (κ1) is 25.8. The monoisotopic (exact) mass is 384 g/mol. The molecule has 0 saturated carbocycles. The fourth-order valence-corrected chi connectivity index (χ4v) is 4.52. The minimum absolute atomic E-state index is 0.00671. The van der Waals surface area contributed by atoms with E-state index < -0.39 is 8.32 Å². The Balaban J connectivity index is 3.97. The Morgan fingerprint density at radius 3 is 1.65 bits per heavy atom. The van der Waals surface area contributed by atoms with Crippen molar-refractivity contribution < 1.29 is 9.22 Å². The first-order valence-electron chi connectivity index (χ1n) is 11.3. The Labute approximate surface area is 166 Å². The van der Waals surface area contributed by atoms with Crippen LogP contribution in [0.5, 0.6) is 0 Å². The number of hydrogen-bond acceptors (Lipinski definition) is 2. The Kier molecular flexibility index (Phi) is 13.8. The summed E-state index contributed by atoms with van der Waals surface area (Å²) in [5.41, 5.74) is 0. The van der Waals surface area contributed by atoms with Crippen LogP contribution in [0.3, 0.4) is 0 Å². The summed E-state index contributed by atoms with van der Waals surface area (Å²) in [6.07, 6.45) is 17.2. The van der Waals surface area contributed by atoms with Gasteiger partial charge in [0.25, 0.3) is 0 Å². The van der Waals surface area contributed by atoms with Gasteiger partial charge in [0, 0.05) is 5.92 Å². The predicted molar refractivity (Wildman–Crippen MR) is 118 cm³/mol. The average molecular weight is 385 g/mol. The third kappa shape index (κ3) is 11.5. The molecular weight excluding hydrogens is 336 g/mol. The highest BCUT2D eigenvalue weighted by atomic mass is 28.4. The minimum atomic E-state index is -1.81. The van der Waals surface area contributed by atoms with Crippen LogP contribution in [0.4, 0.5) is 0 Å². The van der Waals surface area contributed by atoms with Crippen LogP contribution in [0.15, 0.2) is 0 Å². The van der Waals surface area contributed by atoms with Gasteiger partial charge in [0.2, 0.25) is 0 Å². The smallest absolute Gasteiger partial charge is 0.192 e. The van der Waals surface area contributed by atoms with E-state index in [1.54, 1.807) is 0 Å². The van der Waals surface area contributed by atoms with Gasteiger partial charge in [0.15, 0.2) is 8.32 Å². The zero-order valence-electron chi connectivity index (χ0n) is 19.0. The van der Waals surface area contributed by atoms with E-state index in [-0.39, 0.29) is 17.1 Å². The predicted octanol–water partition coefficient (Wildman–Crippen LogP) is 7.91. The molecule has 0 radical (unpaired) electrons. The third-order valence-corrected chi connectivity index (χ3v) is 10.6. The van der Waals surface area contributed by atoms with E-state index in [1.165, 1.54) is 70.6 Å². The van der Waals surface area contributed by atoms with Crippen LogP contribution in [0, 0.1) is 5.92 Å². The normalized spacial score (nSPS) is 15.0. The molecule has 0 N–H and O–H groups in total. The quantitative estimate of drug-likeness (QED) is 0.153. The van der Waals surface area contributed by atoms with Crippen molar-refractivity contribution in [1.29, 1.82) is 0 Å². The molecule has 0 spiro atoms. The van der Waals surface area contributed by atoms with E-state index in [4.69, 9.17) is 4.43 Å². The highest BCUT2D eigenvalue weighted by molar-refractivity contribution is 6.74. The van der Waals surface area contributed by atoms with Crippen LogP contribution in [0.2, 0.25) is 18.1 Å². The van der Waals surface area contributed by atoms with Gasteiger partial charge in [-0.2, -0.15) is 0 Å². The standard InChI is InChI=1S/C23H48O2Si/c1-8-9-10-11-12-13-14-15-16-17-18-19-22(21(2)20-24)25-26(6,7)23(3,4)5/h20-22H,8-19H2,1-7H3/t21-,22+/m0/s1. The summed E-state index contributed by atoms with van der Waals surface area (Å²) in [7, 11) is -1.81. The van der Waals surface area contributed by atoms with Gasteiger partial charge in [0.05, 0.1) is 6.10 Å². The highest BCUT2D eigenvalue weighted by Gasteiger charge is 2.39. The van der Waals surface area contributed by atoms with Crippen molar-refractivity contribution in [1.82, 2.24) is 0 Å². The minimum Gasteiger partial charge on any atom is -0.413 e. The maximum Gasteiger partial charge on any atom is 0.192 e. The molecule has 0 fully saturated rings. The summed E-state index contributed by atoms with van der Waals surface area (Å²) >= 11 is 0. The molecule has 2 atom stereocenters. The number of hydrogen-bond donors (Lipinski definition) is 0. The van der Waals surface area contributed by atoms with Crippen molar-refractivity contribution in [2.24, 2.45) is 5.92 Å². The molecular formula is C23H48O2Si. The number of rotatable bonds is 16. The summed E-state index contributed by atoms with van der Waals surface area (Å²) in [5, 5.41) is 0.199. The number of carbonyl (C=O) groups excluding carboxylic acids is 1. The second kappa shape index (κ2) is 13.9. The summed E-state index contributed by atoms with van der Waals surface area (Å²) in [6.45, 7) is 15.7. The topological polar surface area (TPSA) is 26.3 Å². The number of carbonyl (C=O) groups is 1. The van der Waals surface area contributed by atoms with Crippen LogP contribution >= 0.6 is 0 Å². The molecule has 26 heavy (non-hydrogen) atoms. The van der Waals surface area contributed by atoms with Crippen LogP contribution in [-0.4, -0.2) is 20.7 Å². The van der Waals surface area contributed by atoms with Gasteiger partial charge >= 0.3 is 0 Å². The van der Waals surface area contributed by atoms with E-state index in [2.05, 4.69) is 40.8 Å². The Bertz CT molecular complexity index is 347. The molecule has 0 saturated heterocycles. The lowest BCUT2D eigenvalue weighted by molar-refractivity contribution is -0.113. The Morgan fingerprint density at radius 2 is 1.27 bits per heavy atom. The molecule has 0 rings (SSSR count). The van der Waals surface area contributed by atoms with E-state index in [0.29, 0.717) is 0 Å². The third-order valence-electron chi connectivity index (χ3n) is 6.15. The molecule has 0 aliphatic carbocycles. The second-order valence-electron chi connectivity index (χ2n) is 9.74. The lowest BCUT2D eigenvalue weighted by Crippen LogP contribution is -2.45. The first-order valence-corrected chi connectivity index (χ1v) is 14.2. The molecule has 0 aromatic carbocycles. The van der Waals surface area contributed by atoms with Gasteiger partial charge in [0.1, 0.15) is 6.29 Å². The van der Waals surface area contributed by atoms with Crippen molar-refractivity contribution in [2.45, 2.75) is 136 Å². The van der Waals surface area contributed by atoms with Crippen LogP contribution in [0.25, 0.3) is 0 Å². The molecule has 0 bridgehead atoms. The van der Waals surface area contributed by atoms with Gasteiger partial charge in [-0.05, 0) is 24.6 Å². The molecule has 3 heteroatoms. The van der Waals surface area contributed by atoms with E-state index in [0.717, 1.165) is 12.7 Å². The number of aldehydes is 1. The van der Waals surface area contributed by atoms with E-state index in [9.17, 15) is 4.79 Å². The fraction of sp³-hybridized carbons (Fsp3) is 0.957. The van der Waals surface area contributed by atoms with Crippen molar-refractivity contribution >= 4 is 14.6 Å². The van der Waals surface area contributed by atoms with Gasteiger partial charge in [-0.25, -0.2) is 0 Å². The molecule has 0 aliphatic heterocycles. The van der Waals surface area contributed by atoms with Crippen LogP contribution in [-0.2, 0) is 9.22 Å². The van der Waals surface area contributed by atoms with Gasteiger partial charge in [-0.1, -0.05) is 105 Å². The van der Waals surface area contributed by atoms with Gasteiger partial charge in [-0.3, -0.25) is 0 Å². The molecule has 0 heterocycles. The highest BCUT2D eigenvalue weighted by Crippen LogP contribution is 2.38. The van der Waals surface area contributed by atoms with Crippen LogP contribution < -0.4 is 0 Å². The molecule has 0 aliphatic rings. The second-order valence-corrected chi connectivity index (χ2v) is 14.5. The average Bonchev–Trinajstić information content (AvgIpc) is 2.56. The largest absolute Gasteiger partial charge is 0.413 e. The lowest BCUT2D eigenvalue weighted by Gasteiger charge is -2.40. The summed E-state index contributed by atoms with van der Waals surface area (Å²) < 4.78 is 6.55. The van der Waals surface area contributed by atoms with Crippen LogP contribution in [0.1, 0.15) is 112 Å². The zero-order valence-corrected chi connectivity index (χ0v) is 20.0. The molecule has 2 nitrogen and oxygen atoms in total.